The van der Waals surface area contributed by atoms with E-state index in [9.17, 15) is 0 Å². The van der Waals surface area contributed by atoms with Gasteiger partial charge in [0.05, 0.1) is 19.8 Å². The Morgan fingerprint density at radius 2 is 2.28 bits per heavy atom. The molecule has 0 bridgehead atoms. The first-order chi connectivity index (χ1) is 8.81. The van der Waals surface area contributed by atoms with Crippen LogP contribution in [-0.2, 0) is 11.2 Å². The van der Waals surface area contributed by atoms with Crippen LogP contribution in [0.15, 0.2) is 22.7 Å². The van der Waals surface area contributed by atoms with Gasteiger partial charge >= 0.3 is 0 Å². The third kappa shape index (κ3) is 3.79. The van der Waals surface area contributed by atoms with Crippen molar-refractivity contribution in [3.63, 3.8) is 0 Å². The van der Waals surface area contributed by atoms with Crippen LogP contribution >= 0.6 is 15.9 Å². The molecule has 2 rings (SSSR count). The minimum atomic E-state index is 0.0964. The first-order valence-electron chi connectivity index (χ1n) is 6.51. The molecule has 0 aliphatic heterocycles. The summed E-state index contributed by atoms with van der Waals surface area (Å²) >= 11 is 3.54. The van der Waals surface area contributed by atoms with Gasteiger partial charge < -0.3 is 15.2 Å². The molecule has 1 aliphatic carbocycles. The molecule has 1 aromatic rings. The summed E-state index contributed by atoms with van der Waals surface area (Å²) in [5.41, 5.74) is 2.87. The number of rotatable bonds is 6. The van der Waals surface area contributed by atoms with Crippen LogP contribution < -0.4 is 5.32 Å². The van der Waals surface area contributed by atoms with Crippen molar-refractivity contribution in [2.45, 2.75) is 25.3 Å². The molecule has 1 aliphatic rings. The Balaban J connectivity index is 1.89. The number of benzene rings is 1. The maximum absolute atomic E-state index is 8.62. The lowest BCUT2D eigenvalue weighted by Crippen LogP contribution is -2.28. The molecule has 1 aromatic carbocycles. The van der Waals surface area contributed by atoms with Gasteiger partial charge in [-0.05, 0) is 42.5 Å². The zero-order chi connectivity index (χ0) is 12.8. The molecule has 0 spiro atoms. The fourth-order valence-corrected chi connectivity index (χ4v) is 2.83. The second-order valence-electron chi connectivity index (χ2n) is 4.58. The summed E-state index contributed by atoms with van der Waals surface area (Å²) in [6.07, 6.45) is 3.61. The third-order valence-electron chi connectivity index (χ3n) is 3.30. The highest BCUT2D eigenvalue weighted by molar-refractivity contribution is 9.10. The summed E-state index contributed by atoms with van der Waals surface area (Å²) < 4.78 is 6.41. The summed E-state index contributed by atoms with van der Waals surface area (Å²) in [5.74, 6) is 0. The monoisotopic (exact) mass is 313 g/mol. The van der Waals surface area contributed by atoms with Gasteiger partial charge in [-0.3, -0.25) is 0 Å². The number of fused-ring (bicyclic) bond motifs is 1. The smallest absolute Gasteiger partial charge is 0.0698 e. The predicted octanol–water partition coefficient (Wildman–Crippen LogP) is 2.42. The van der Waals surface area contributed by atoms with E-state index in [0.717, 1.165) is 11.0 Å². The fraction of sp³-hybridized carbons (Fsp3) is 0.571. The van der Waals surface area contributed by atoms with Crippen molar-refractivity contribution in [1.82, 2.24) is 5.32 Å². The number of hydrogen-bond donors (Lipinski definition) is 2. The zero-order valence-corrected chi connectivity index (χ0v) is 12.1. The summed E-state index contributed by atoms with van der Waals surface area (Å²) in [7, 11) is 0. The van der Waals surface area contributed by atoms with Crippen LogP contribution in [0, 0.1) is 0 Å². The number of halogens is 1. The molecule has 0 saturated carbocycles. The lowest BCUT2D eigenvalue weighted by molar-refractivity contribution is 0.0922. The second-order valence-corrected chi connectivity index (χ2v) is 5.49. The highest BCUT2D eigenvalue weighted by Crippen LogP contribution is 2.31. The van der Waals surface area contributed by atoms with Crippen molar-refractivity contribution in [3.8, 4) is 0 Å². The quantitative estimate of drug-likeness (QED) is 0.793. The van der Waals surface area contributed by atoms with Crippen LogP contribution in [0.3, 0.4) is 0 Å². The first kappa shape index (κ1) is 14.0. The van der Waals surface area contributed by atoms with Crippen molar-refractivity contribution in [2.24, 2.45) is 0 Å². The molecular formula is C14H20BrNO2. The number of nitrogens with one attached hydrogen (secondary N) is 1. The van der Waals surface area contributed by atoms with Gasteiger partial charge in [-0.1, -0.05) is 22.0 Å². The summed E-state index contributed by atoms with van der Waals surface area (Å²) in [6.45, 7) is 2.00. The lowest BCUT2D eigenvalue weighted by Gasteiger charge is -2.26. The maximum atomic E-state index is 8.62. The van der Waals surface area contributed by atoms with Gasteiger partial charge in [-0.2, -0.15) is 0 Å². The minimum Gasteiger partial charge on any atom is -0.394 e. The Kier molecular flexibility index (Phi) is 5.63. The Morgan fingerprint density at radius 3 is 3.11 bits per heavy atom. The second kappa shape index (κ2) is 7.24. The number of ether oxygens (including phenoxy) is 1. The Labute approximate surface area is 117 Å². The molecule has 1 unspecified atom stereocenters. The van der Waals surface area contributed by atoms with E-state index in [1.165, 1.54) is 30.4 Å². The lowest BCUT2D eigenvalue weighted by atomic mass is 9.88. The summed E-state index contributed by atoms with van der Waals surface area (Å²) in [6, 6.07) is 6.99. The SMILES string of the molecule is OCCOCCNC1CCCc2ccc(Br)cc21. The van der Waals surface area contributed by atoms with Gasteiger partial charge in [0.1, 0.15) is 0 Å². The molecule has 0 amide bonds. The zero-order valence-electron chi connectivity index (χ0n) is 10.5. The topological polar surface area (TPSA) is 41.5 Å². The van der Waals surface area contributed by atoms with Crippen LogP contribution in [0.2, 0.25) is 0 Å². The average molecular weight is 314 g/mol. The van der Waals surface area contributed by atoms with E-state index in [1.807, 2.05) is 0 Å². The summed E-state index contributed by atoms with van der Waals surface area (Å²) in [5, 5.41) is 12.2. The molecule has 0 fully saturated rings. The molecule has 0 radical (unpaired) electrons. The molecule has 100 valence electrons. The van der Waals surface area contributed by atoms with Crippen molar-refractivity contribution in [2.75, 3.05) is 26.4 Å². The van der Waals surface area contributed by atoms with Gasteiger partial charge in [0.2, 0.25) is 0 Å². The van der Waals surface area contributed by atoms with Crippen molar-refractivity contribution in [1.29, 1.82) is 0 Å². The van der Waals surface area contributed by atoms with E-state index in [4.69, 9.17) is 9.84 Å². The van der Waals surface area contributed by atoms with Crippen LogP contribution in [0.5, 0.6) is 0 Å². The number of aliphatic hydroxyl groups is 1. The largest absolute Gasteiger partial charge is 0.394 e. The fourth-order valence-electron chi connectivity index (χ4n) is 2.45. The standard InChI is InChI=1S/C14H20BrNO2/c15-12-5-4-11-2-1-3-14(13(11)10-12)16-6-8-18-9-7-17/h4-5,10,14,16-17H,1-3,6-9H2. The molecule has 1 atom stereocenters. The molecule has 0 aromatic heterocycles. The van der Waals surface area contributed by atoms with Crippen LogP contribution in [0.4, 0.5) is 0 Å². The van der Waals surface area contributed by atoms with E-state index in [0.29, 0.717) is 19.3 Å². The van der Waals surface area contributed by atoms with E-state index in [2.05, 4.69) is 39.4 Å². The summed E-state index contributed by atoms with van der Waals surface area (Å²) in [4.78, 5) is 0. The van der Waals surface area contributed by atoms with Gasteiger partial charge in [-0.15, -0.1) is 0 Å². The van der Waals surface area contributed by atoms with E-state index in [-0.39, 0.29) is 6.61 Å². The van der Waals surface area contributed by atoms with E-state index < -0.39 is 0 Å². The van der Waals surface area contributed by atoms with Crippen molar-refractivity contribution in [3.05, 3.63) is 33.8 Å². The van der Waals surface area contributed by atoms with Gasteiger partial charge in [-0.25, -0.2) is 0 Å². The van der Waals surface area contributed by atoms with Crippen molar-refractivity contribution >= 4 is 15.9 Å². The normalized spacial score (nSPS) is 18.7. The Morgan fingerprint density at radius 1 is 1.39 bits per heavy atom. The predicted molar refractivity (Wildman–Crippen MR) is 75.7 cm³/mol. The molecule has 2 N–H and O–H groups in total. The van der Waals surface area contributed by atoms with E-state index >= 15 is 0 Å². The number of aliphatic hydroxyl groups excluding tert-OH is 1. The first-order valence-corrected chi connectivity index (χ1v) is 7.31. The molecule has 4 heteroatoms. The molecular weight excluding hydrogens is 294 g/mol. The van der Waals surface area contributed by atoms with Crippen molar-refractivity contribution < 1.29 is 9.84 Å². The number of aryl methyl sites for hydroxylation is 1. The van der Waals surface area contributed by atoms with Gasteiger partial charge in [0.15, 0.2) is 0 Å². The number of hydrogen-bond acceptors (Lipinski definition) is 3. The molecule has 0 saturated heterocycles. The highest BCUT2D eigenvalue weighted by Gasteiger charge is 2.19. The van der Waals surface area contributed by atoms with Crippen LogP contribution in [-0.4, -0.2) is 31.5 Å². The highest BCUT2D eigenvalue weighted by atomic mass is 79.9. The van der Waals surface area contributed by atoms with Crippen LogP contribution in [0.1, 0.15) is 30.0 Å². The Hall–Kier alpha value is -0.420. The Bertz CT molecular complexity index is 384. The molecule has 3 nitrogen and oxygen atoms in total. The van der Waals surface area contributed by atoms with Gasteiger partial charge in [0, 0.05) is 17.1 Å². The minimum absolute atomic E-state index is 0.0964. The van der Waals surface area contributed by atoms with E-state index in [1.54, 1.807) is 0 Å². The molecule has 0 heterocycles. The average Bonchev–Trinajstić information content (AvgIpc) is 2.39. The maximum Gasteiger partial charge on any atom is 0.0698 e. The van der Waals surface area contributed by atoms with Crippen LogP contribution in [0.25, 0.3) is 0 Å². The third-order valence-corrected chi connectivity index (χ3v) is 3.79. The van der Waals surface area contributed by atoms with Gasteiger partial charge in [0.25, 0.3) is 0 Å². The molecule has 18 heavy (non-hydrogen) atoms.